The summed E-state index contributed by atoms with van der Waals surface area (Å²) in [5.74, 6) is 0. The molecule has 0 fully saturated rings. The van der Waals surface area contributed by atoms with Gasteiger partial charge in [0.1, 0.15) is 0 Å². The van der Waals surface area contributed by atoms with Crippen molar-refractivity contribution in [1.82, 2.24) is 4.98 Å². The average molecular weight is 277 g/mol. The summed E-state index contributed by atoms with van der Waals surface area (Å²) >= 11 is 3.07. The molecule has 1 heterocycles. The summed E-state index contributed by atoms with van der Waals surface area (Å²) < 4.78 is 24.7. The Morgan fingerprint density at radius 1 is 1.60 bits per heavy atom. The van der Waals surface area contributed by atoms with Crippen molar-refractivity contribution in [3.63, 3.8) is 0 Å². The van der Waals surface area contributed by atoms with Gasteiger partial charge in [0.15, 0.2) is 5.43 Å². The molecule has 0 aliphatic rings. The first-order valence-corrected chi connectivity index (χ1v) is 5.18. The Hall–Kier alpha value is -1.22. The zero-order chi connectivity index (χ0) is 11.4. The third kappa shape index (κ3) is 2.63. The highest BCUT2D eigenvalue weighted by atomic mass is 79.9. The first-order chi connectivity index (χ1) is 7.10. The normalized spacial score (nSPS) is 10.3. The van der Waals surface area contributed by atoms with Crippen LogP contribution in [-0.4, -0.2) is 4.98 Å². The molecule has 1 N–H and O–H groups in total. The molecule has 0 amide bonds. The second-order valence-corrected chi connectivity index (χ2v) is 3.38. The first-order valence-electron chi connectivity index (χ1n) is 4.06. The number of hydrogen-bond acceptors (Lipinski definition) is 2. The second-order valence-electron chi connectivity index (χ2n) is 2.82. The van der Waals surface area contributed by atoms with Crippen LogP contribution in [0.3, 0.4) is 0 Å². The van der Waals surface area contributed by atoms with Crippen molar-refractivity contribution >= 4 is 15.9 Å². The van der Waals surface area contributed by atoms with E-state index < -0.39 is 17.5 Å². The molecule has 0 atom stereocenters. The van der Waals surface area contributed by atoms with Gasteiger partial charge in [-0.25, -0.2) is 8.78 Å². The molecule has 0 aliphatic carbocycles. The van der Waals surface area contributed by atoms with Crippen molar-refractivity contribution in [3.8, 4) is 6.07 Å². The van der Waals surface area contributed by atoms with Gasteiger partial charge in [-0.3, -0.25) is 4.79 Å². The van der Waals surface area contributed by atoms with Crippen LogP contribution in [0.25, 0.3) is 0 Å². The van der Waals surface area contributed by atoms with Crippen molar-refractivity contribution in [1.29, 1.82) is 5.26 Å². The maximum atomic E-state index is 12.3. The Bertz CT molecular complexity index is 450. The molecular weight excluding hydrogens is 270 g/mol. The summed E-state index contributed by atoms with van der Waals surface area (Å²) in [7, 11) is 0. The van der Waals surface area contributed by atoms with Crippen molar-refractivity contribution < 1.29 is 8.78 Å². The zero-order valence-electron chi connectivity index (χ0n) is 7.56. The Labute approximate surface area is 92.9 Å². The van der Waals surface area contributed by atoms with Gasteiger partial charge in [-0.1, -0.05) is 15.9 Å². The molecule has 0 bridgehead atoms. The van der Waals surface area contributed by atoms with Crippen LogP contribution in [0.15, 0.2) is 10.9 Å². The van der Waals surface area contributed by atoms with Crippen molar-refractivity contribution in [3.05, 3.63) is 33.2 Å². The molecule has 1 rings (SSSR count). The molecule has 0 aliphatic heterocycles. The van der Waals surface area contributed by atoms with Crippen molar-refractivity contribution in [2.24, 2.45) is 0 Å². The minimum absolute atomic E-state index is 0.0866. The fraction of sp³-hybridized carbons (Fsp3) is 0.333. The number of hydrogen-bond donors (Lipinski definition) is 1. The number of halogens is 3. The monoisotopic (exact) mass is 276 g/mol. The van der Waals surface area contributed by atoms with Crippen LogP contribution >= 0.6 is 15.9 Å². The molecule has 0 saturated heterocycles. The largest absolute Gasteiger partial charge is 0.356 e. The first kappa shape index (κ1) is 11.9. The number of aromatic nitrogens is 1. The van der Waals surface area contributed by atoms with Crippen LogP contribution in [-0.2, 0) is 11.8 Å². The van der Waals surface area contributed by atoms with E-state index in [1.54, 1.807) is 0 Å². The summed E-state index contributed by atoms with van der Waals surface area (Å²) in [6.07, 6.45) is -2.82. The zero-order valence-corrected chi connectivity index (χ0v) is 9.14. The Kier molecular flexibility index (Phi) is 3.97. The van der Waals surface area contributed by atoms with E-state index in [2.05, 4.69) is 20.9 Å². The summed E-state index contributed by atoms with van der Waals surface area (Å²) in [6, 6.07) is 2.68. The molecule has 15 heavy (non-hydrogen) atoms. The lowest BCUT2D eigenvalue weighted by molar-refractivity contribution is 0.145. The van der Waals surface area contributed by atoms with Gasteiger partial charge in [-0.05, 0) is 0 Å². The molecule has 6 heteroatoms. The fourth-order valence-electron chi connectivity index (χ4n) is 1.16. The van der Waals surface area contributed by atoms with Gasteiger partial charge in [0.25, 0.3) is 6.43 Å². The van der Waals surface area contributed by atoms with Gasteiger partial charge in [-0.2, -0.15) is 5.26 Å². The summed E-state index contributed by atoms with van der Waals surface area (Å²) in [4.78, 5) is 13.8. The Morgan fingerprint density at radius 2 is 2.27 bits per heavy atom. The third-order valence-electron chi connectivity index (χ3n) is 1.87. The Morgan fingerprint density at radius 3 is 2.73 bits per heavy atom. The molecule has 0 radical (unpaired) electrons. The molecule has 1 aromatic rings. The number of nitriles is 1. The number of H-pyrrole nitrogens is 1. The fourth-order valence-corrected chi connectivity index (χ4v) is 1.77. The van der Waals surface area contributed by atoms with Crippen LogP contribution in [0.2, 0.25) is 0 Å². The summed E-state index contributed by atoms with van der Waals surface area (Å²) in [6.45, 7) is 0. The van der Waals surface area contributed by atoms with Gasteiger partial charge in [0, 0.05) is 22.7 Å². The van der Waals surface area contributed by atoms with E-state index in [0.717, 1.165) is 6.07 Å². The molecule has 80 valence electrons. The van der Waals surface area contributed by atoms with Gasteiger partial charge < -0.3 is 4.98 Å². The van der Waals surface area contributed by atoms with E-state index in [9.17, 15) is 13.6 Å². The quantitative estimate of drug-likeness (QED) is 0.861. The highest BCUT2D eigenvalue weighted by Crippen LogP contribution is 2.17. The van der Waals surface area contributed by atoms with Crippen molar-refractivity contribution in [2.75, 3.05) is 0 Å². The molecule has 3 nitrogen and oxygen atoms in total. The lowest BCUT2D eigenvalue weighted by Gasteiger charge is -2.06. The standard InChI is InChI=1S/C9H7BrF2N2O/c10-4-5-6(1-2-13)14-7(9(11)12)3-8(5)15/h3,9H,1,4H2,(H,14,15). The molecule has 0 aromatic carbocycles. The van der Waals surface area contributed by atoms with Gasteiger partial charge in [-0.15, -0.1) is 0 Å². The summed E-state index contributed by atoms with van der Waals surface area (Å²) in [5.41, 5.74) is -0.362. The smallest absolute Gasteiger partial charge is 0.278 e. The number of nitrogens with zero attached hydrogens (tertiary/aromatic N) is 1. The van der Waals surface area contributed by atoms with E-state index in [1.807, 2.05) is 6.07 Å². The lowest BCUT2D eigenvalue weighted by atomic mass is 10.1. The van der Waals surface area contributed by atoms with E-state index in [1.165, 1.54) is 0 Å². The van der Waals surface area contributed by atoms with Gasteiger partial charge in [0.05, 0.1) is 18.2 Å². The van der Waals surface area contributed by atoms with E-state index in [-0.39, 0.29) is 17.4 Å². The summed E-state index contributed by atoms with van der Waals surface area (Å²) in [5, 5.41) is 8.72. The van der Waals surface area contributed by atoms with Crippen LogP contribution in [0.4, 0.5) is 8.78 Å². The molecule has 1 aromatic heterocycles. The van der Waals surface area contributed by atoms with Crippen LogP contribution in [0, 0.1) is 11.3 Å². The predicted octanol–water partition coefficient (Wildman–Crippen LogP) is 2.27. The van der Waals surface area contributed by atoms with Crippen LogP contribution in [0.5, 0.6) is 0 Å². The lowest BCUT2D eigenvalue weighted by Crippen LogP contribution is -2.14. The maximum Gasteiger partial charge on any atom is 0.278 e. The minimum atomic E-state index is -2.74. The molecule has 0 saturated carbocycles. The number of pyridine rings is 1. The number of alkyl halides is 3. The maximum absolute atomic E-state index is 12.3. The third-order valence-corrected chi connectivity index (χ3v) is 2.43. The highest BCUT2D eigenvalue weighted by Gasteiger charge is 2.13. The van der Waals surface area contributed by atoms with Crippen LogP contribution in [0.1, 0.15) is 23.4 Å². The van der Waals surface area contributed by atoms with E-state index >= 15 is 0 Å². The van der Waals surface area contributed by atoms with Crippen LogP contribution < -0.4 is 5.43 Å². The molecule has 0 unspecified atom stereocenters. The topological polar surface area (TPSA) is 56.6 Å². The number of rotatable bonds is 3. The molecule has 0 spiro atoms. The van der Waals surface area contributed by atoms with Gasteiger partial charge in [0.2, 0.25) is 0 Å². The van der Waals surface area contributed by atoms with Gasteiger partial charge >= 0.3 is 0 Å². The Balaban J connectivity index is 3.33. The number of aromatic amines is 1. The highest BCUT2D eigenvalue weighted by molar-refractivity contribution is 9.08. The SMILES string of the molecule is N#CCc1[nH]c(C(F)F)cc(=O)c1CBr. The molecular formula is C9H7BrF2N2O. The second kappa shape index (κ2) is 5.03. The predicted molar refractivity (Wildman–Crippen MR) is 54.0 cm³/mol. The van der Waals surface area contributed by atoms with Crippen molar-refractivity contribution in [2.45, 2.75) is 18.2 Å². The van der Waals surface area contributed by atoms with E-state index in [4.69, 9.17) is 5.26 Å². The van der Waals surface area contributed by atoms with E-state index in [0.29, 0.717) is 5.56 Å². The minimum Gasteiger partial charge on any atom is -0.356 e. The number of nitrogens with one attached hydrogen (secondary N) is 1. The average Bonchev–Trinajstić information content (AvgIpc) is 2.17.